The van der Waals surface area contributed by atoms with Crippen LogP contribution in [0.4, 0.5) is 0 Å². The van der Waals surface area contributed by atoms with Gasteiger partial charge in [-0.15, -0.1) is 0 Å². The summed E-state index contributed by atoms with van der Waals surface area (Å²) in [6.07, 6.45) is 5.30. The van der Waals surface area contributed by atoms with Crippen LogP contribution in [0.3, 0.4) is 0 Å². The van der Waals surface area contributed by atoms with Crippen LogP contribution in [0.1, 0.15) is 46.5 Å². The highest BCUT2D eigenvalue weighted by molar-refractivity contribution is 5.16. The van der Waals surface area contributed by atoms with Crippen molar-refractivity contribution in [1.82, 2.24) is 5.32 Å². The number of hydrogen-bond donors (Lipinski definition) is 1. The van der Waals surface area contributed by atoms with Crippen LogP contribution in [0.2, 0.25) is 0 Å². The molecule has 13 heavy (non-hydrogen) atoms. The van der Waals surface area contributed by atoms with Crippen LogP contribution in [-0.4, -0.2) is 12.1 Å². The minimum absolute atomic E-state index is 0.219. The molecule has 1 unspecified atom stereocenters. The Labute approximate surface area is 82.6 Å². The van der Waals surface area contributed by atoms with Crippen LogP contribution < -0.4 is 5.32 Å². The van der Waals surface area contributed by atoms with Crippen LogP contribution in [0.15, 0.2) is 12.2 Å². The van der Waals surface area contributed by atoms with Crippen molar-refractivity contribution in [3.63, 3.8) is 0 Å². The Bertz CT molecular complexity index is 174. The Hall–Kier alpha value is -0.300. The van der Waals surface area contributed by atoms with Gasteiger partial charge in [-0.1, -0.05) is 38.8 Å². The van der Waals surface area contributed by atoms with Gasteiger partial charge in [0.2, 0.25) is 0 Å². The molecule has 1 aliphatic rings. The molecule has 1 heterocycles. The summed E-state index contributed by atoms with van der Waals surface area (Å²) in [6.45, 7) is 12.1. The summed E-state index contributed by atoms with van der Waals surface area (Å²) in [7, 11) is 0. The molecule has 1 N–H and O–H groups in total. The topological polar surface area (TPSA) is 12.0 Å². The second kappa shape index (κ2) is 4.28. The molecule has 0 saturated carbocycles. The lowest BCUT2D eigenvalue weighted by atomic mass is 9.77. The zero-order valence-corrected chi connectivity index (χ0v) is 9.32. The van der Waals surface area contributed by atoms with Gasteiger partial charge in [-0.05, 0) is 32.2 Å². The van der Waals surface area contributed by atoms with Crippen molar-refractivity contribution in [1.29, 1.82) is 0 Å². The van der Waals surface area contributed by atoms with E-state index < -0.39 is 0 Å². The molecule has 76 valence electrons. The van der Waals surface area contributed by atoms with E-state index in [1.165, 1.54) is 31.3 Å². The maximum atomic E-state index is 4.15. The lowest BCUT2D eigenvalue weighted by Crippen LogP contribution is -2.49. The van der Waals surface area contributed by atoms with E-state index in [0.717, 1.165) is 6.54 Å². The Balaban J connectivity index is 2.80. The highest BCUT2D eigenvalue weighted by atomic mass is 15.0. The molecule has 0 aromatic heterocycles. The molecule has 0 bridgehead atoms. The summed E-state index contributed by atoms with van der Waals surface area (Å²) < 4.78 is 0. The zero-order chi connectivity index (χ0) is 9.90. The molecular weight excluding hydrogens is 158 g/mol. The van der Waals surface area contributed by atoms with Crippen LogP contribution >= 0.6 is 0 Å². The highest BCUT2D eigenvalue weighted by Crippen LogP contribution is 2.32. The summed E-state index contributed by atoms with van der Waals surface area (Å²) in [5, 5.41) is 3.69. The van der Waals surface area contributed by atoms with Gasteiger partial charge in [0.25, 0.3) is 0 Å². The zero-order valence-electron chi connectivity index (χ0n) is 9.32. The van der Waals surface area contributed by atoms with Gasteiger partial charge in [-0.2, -0.15) is 0 Å². The predicted octanol–water partition coefficient (Wildman–Crippen LogP) is 3.12. The van der Waals surface area contributed by atoms with Crippen molar-refractivity contribution in [2.75, 3.05) is 6.54 Å². The van der Waals surface area contributed by atoms with E-state index in [1.54, 1.807) is 0 Å². The molecule has 1 heteroatoms. The van der Waals surface area contributed by atoms with Crippen LogP contribution in [0, 0.1) is 5.92 Å². The first-order valence-corrected chi connectivity index (χ1v) is 5.50. The Morgan fingerprint density at radius 3 is 2.54 bits per heavy atom. The largest absolute Gasteiger partial charge is 0.307 e. The van der Waals surface area contributed by atoms with E-state index >= 15 is 0 Å². The summed E-state index contributed by atoms with van der Waals surface area (Å²) in [5.74, 6) is 0.656. The van der Waals surface area contributed by atoms with E-state index in [-0.39, 0.29) is 5.54 Å². The molecule has 1 rings (SSSR count). The fourth-order valence-electron chi connectivity index (χ4n) is 2.46. The SMILES string of the molecule is C=C(C)C1(C(C)C)CCCCCN1. The molecule has 0 radical (unpaired) electrons. The van der Waals surface area contributed by atoms with Gasteiger partial charge < -0.3 is 5.32 Å². The lowest BCUT2D eigenvalue weighted by Gasteiger charge is -2.38. The van der Waals surface area contributed by atoms with E-state index in [4.69, 9.17) is 0 Å². The Morgan fingerprint density at radius 1 is 1.31 bits per heavy atom. The predicted molar refractivity (Wildman–Crippen MR) is 58.9 cm³/mol. The quantitative estimate of drug-likeness (QED) is 0.645. The molecule has 0 aliphatic carbocycles. The van der Waals surface area contributed by atoms with Crippen LogP contribution in [0.5, 0.6) is 0 Å². The van der Waals surface area contributed by atoms with Gasteiger partial charge in [0, 0.05) is 5.54 Å². The van der Waals surface area contributed by atoms with E-state index in [2.05, 4.69) is 32.7 Å². The molecule has 0 aromatic carbocycles. The molecule has 0 spiro atoms. The van der Waals surface area contributed by atoms with Crippen molar-refractivity contribution in [2.45, 2.75) is 52.0 Å². The second-order valence-corrected chi connectivity index (χ2v) is 4.64. The minimum atomic E-state index is 0.219. The van der Waals surface area contributed by atoms with Gasteiger partial charge in [-0.25, -0.2) is 0 Å². The van der Waals surface area contributed by atoms with Crippen molar-refractivity contribution in [3.05, 3.63) is 12.2 Å². The standard InChI is InChI=1S/C12H23N/c1-10(2)12(11(3)4)8-6-5-7-9-13-12/h11,13H,1,5-9H2,2-4H3. The summed E-state index contributed by atoms with van der Waals surface area (Å²) in [4.78, 5) is 0. The fourth-order valence-corrected chi connectivity index (χ4v) is 2.46. The van der Waals surface area contributed by atoms with Crippen molar-refractivity contribution in [2.24, 2.45) is 5.92 Å². The highest BCUT2D eigenvalue weighted by Gasteiger charge is 2.34. The van der Waals surface area contributed by atoms with Gasteiger partial charge >= 0.3 is 0 Å². The molecule has 1 nitrogen and oxygen atoms in total. The third kappa shape index (κ3) is 2.14. The van der Waals surface area contributed by atoms with E-state index in [0.29, 0.717) is 5.92 Å². The minimum Gasteiger partial charge on any atom is -0.307 e. The van der Waals surface area contributed by atoms with Gasteiger partial charge in [0.1, 0.15) is 0 Å². The van der Waals surface area contributed by atoms with Crippen LogP contribution in [-0.2, 0) is 0 Å². The number of nitrogens with one attached hydrogen (secondary N) is 1. The summed E-state index contributed by atoms with van der Waals surface area (Å²) in [5.41, 5.74) is 1.53. The fraction of sp³-hybridized carbons (Fsp3) is 0.833. The molecular formula is C12H23N. The monoisotopic (exact) mass is 181 g/mol. The third-order valence-corrected chi connectivity index (χ3v) is 3.44. The summed E-state index contributed by atoms with van der Waals surface area (Å²) in [6, 6.07) is 0. The molecule has 1 saturated heterocycles. The molecule has 1 fully saturated rings. The maximum Gasteiger partial charge on any atom is 0.0411 e. The van der Waals surface area contributed by atoms with Gasteiger partial charge in [-0.3, -0.25) is 0 Å². The molecule has 0 amide bonds. The van der Waals surface area contributed by atoms with E-state index in [1.807, 2.05) is 0 Å². The Morgan fingerprint density at radius 2 is 2.00 bits per heavy atom. The average molecular weight is 181 g/mol. The van der Waals surface area contributed by atoms with Crippen molar-refractivity contribution < 1.29 is 0 Å². The Kier molecular flexibility index (Phi) is 3.55. The molecule has 0 aromatic rings. The number of rotatable bonds is 2. The van der Waals surface area contributed by atoms with Crippen molar-refractivity contribution in [3.8, 4) is 0 Å². The van der Waals surface area contributed by atoms with Crippen molar-refractivity contribution >= 4 is 0 Å². The van der Waals surface area contributed by atoms with Gasteiger partial charge in [0.15, 0.2) is 0 Å². The van der Waals surface area contributed by atoms with E-state index in [9.17, 15) is 0 Å². The van der Waals surface area contributed by atoms with Gasteiger partial charge in [0.05, 0.1) is 0 Å². The lowest BCUT2D eigenvalue weighted by molar-refractivity contribution is 0.277. The molecule has 1 atom stereocenters. The second-order valence-electron chi connectivity index (χ2n) is 4.64. The molecule has 1 aliphatic heterocycles. The number of hydrogen-bond acceptors (Lipinski definition) is 1. The average Bonchev–Trinajstić information content (AvgIpc) is 2.28. The summed E-state index contributed by atoms with van der Waals surface area (Å²) >= 11 is 0. The third-order valence-electron chi connectivity index (χ3n) is 3.44. The first-order chi connectivity index (χ1) is 6.09. The smallest absolute Gasteiger partial charge is 0.0411 e. The first kappa shape index (κ1) is 10.8. The maximum absolute atomic E-state index is 4.15. The normalized spacial score (nSPS) is 30.2. The van der Waals surface area contributed by atoms with Crippen LogP contribution in [0.25, 0.3) is 0 Å². The first-order valence-electron chi connectivity index (χ1n) is 5.50.